The van der Waals surface area contributed by atoms with Crippen LogP contribution in [0.25, 0.3) is 10.9 Å². The van der Waals surface area contributed by atoms with E-state index >= 15 is 0 Å². The SMILES string of the molecule is CCCCCc1nc2ccccc2c(=O)n1Cc1ccc(OC)cc1. The molecule has 0 aliphatic carbocycles. The number of hydrogen-bond donors (Lipinski definition) is 0. The van der Waals surface area contributed by atoms with Gasteiger partial charge in [-0.3, -0.25) is 9.36 Å². The molecule has 0 amide bonds. The first-order valence-electron chi connectivity index (χ1n) is 8.84. The van der Waals surface area contributed by atoms with Crippen molar-refractivity contribution >= 4 is 10.9 Å². The van der Waals surface area contributed by atoms with Crippen molar-refractivity contribution in [2.75, 3.05) is 7.11 Å². The predicted octanol–water partition coefficient (Wildman–Crippen LogP) is 4.19. The van der Waals surface area contributed by atoms with Gasteiger partial charge in [0.2, 0.25) is 0 Å². The molecule has 2 aromatic carbocycles. The molecule has 4 nitrogen and oxygen atoms in total. The van der Waals surface area contributed by atoms with Gasteiger partial charge in [0, 0.05) is 6.42 Å². The molecule has 1 heterocycles. The zero-order valence-electron chi connectivity index (χ0n) is 14.9. The van der Waals surface area contributed by atoms with Crippen LogP contribution in [-0.2, 0) is 13.0 Å². The second-order valence-corrected chi connectivity index (χ2v) is 6.24. The topological polar surface area (TPSA) is 44.1 Å². The third-order valence-electron chi connectivity index (χ3n) is 4.44. The monoisotopic (exact) mass is 336 g/mol. The predicted molar refractivity (Wildman–Crippen MR) is 101 cm³/mol. The lowest BCUT2D eigenvalue weighted by Crippen LogP contribution is -2.26. The summed E-state index contributed by atoms with van der Waals surface area (Å²) in [7, 11) is 1.65. The summed E-state index contributed by atoms with van der Waals surface area (Å²) in [4.78, 5) is 17.8. The van der Waals surface area contributed by atoms with Crippen molar-refractivity contribution in [3.05, 3.63) is 70.3 Å². The molecule has 3 aromatic rings. The number of nitrogens with zero attached hydrogens (tertiary/aromatic N) is 2. The molecule has 0 fully saturated rings. The van der Waals surface area contributed by atoms with Crippen LogP contribution in [0.3, 0.4) is 0 Å². The average Bonchev–Trinajstić information content (AvgIpc) is 2.65. The molecule has 0 radical (unpaired) electrons. The molecule has 0 aliphatic heterocycles. The van der Waals surface area contributed by atoms with Crippen LogP contribution in [0.4, 0.5) is 0 Å². The molecular weight excluding hydrogens is 312 g/mol. The molecule has 0 atom stereocenters. The highest BCUT2D eigenvalue weighted by molar-refractivity contribution is 5.77. The normalized spacial score (nSPS) is 11.0. The zero-order chi connectivity index (χ0) is 17.6. The molecule has 0 N–H and O–H groups in total. The van der Waals surface area contributed by atoms with Gasteiger partial charge in [0.15, 0.2) is 0 Å². The minimum atomic E-state index is 0.0351. The highest BCUT2D eigenvalue weighted by Gasteiger charge is 2.11. The highest BCUT2D eigenvalue weighted by Crippen LogP contribution is 2.15. The van der Waals surface area contributed by atoms with Crippen LogP contribution in [-0.4, -0.2) is 16.7 Å². The van der Waals surface area contributed by atoms with Gasteiger partial charge < -0.3 is 4.74 Å². The summed E-state index contributed by atoms with van der Waals surface area (Å²) in [6.07, 6.45) is 4.16. The fourth-order valence-electron chi connectivity index (χ4n) is 3.01. The molecule has 3 rings (SSSR count). The van der Waals surface area contributed by atoms with Crippen molar-refractivity contribution in [2.24, 2.45) is 0 Å². The molecule has 0 bridgehead atoms. The smallest absolute Gasteiger partial charge is 0.261 e. The maximum Gasteiger partial charge on any atom is 0.261 e. The number of fused-ring (bicyclic) bond motifs is 1. The number of aryl methyl sites for hydroxylation is 1. The Balaban J connectivity index is 2.01. The van der Waals surface area contributed by atoms with Gasteiger partial charge in [-0.05, 0) is 36.2 Å². The molecule has 0 unspecified atom stereocenters. The van der Waals surface area contributed by atoms with Gasteiger partial charge in [0.1, 0.15) is 11.6 Å². The Hall–Kier alpha value is -2.62. The summed E-state index contributed by atoms with van der Waals surface area (Å²) >= 11 is 0. The summed E-state index contributed by atoms with van der Waals surface area (Å²) in [5.74, 6) is 1.68. The molecule has 1 aromatic heterocycles. The van der Waals surface area contributed by atoms with E-state index in [-0.39, 0.29) is 5.56 Å². The van der Waals surface area contributed by atoms with E-state index < -0.39 is 0 Å². The molecular formula is C21H24N2O2. The van der Waals surface area contributed by atoms with E-state index in [1.165, 1.54) is 0 Å². The molecule has 0 spiro atoms. The molecule has 0 saturated heterocycles. The Labute approximate surface area is 148 Å². The van der Waals surface area contributed by atoms with Crippen LogP contribution in [0.2, 0.25) is 0 Å². The molecule has 0 aliphatic rings. The van der Waals surface area contributed by atoms with E-state index in [9.17, 15) is 4.79 Å². The number of rotatable bonds is 7. The Bertz CT molecular complexity index is 898. The van der Waals surface area contributed by atoms with Crippen LogP contribution in [0.5, 0.6) is 5.75 Å². The van der Waals surface area contributed by atoms with Crippen molar-refractivity contribution in [3.8, 4) is 5.75 Å². The minimum absolute atomic E-state index is 0.0351. The van der Waals surface area contributed by atoms with E-state index in [2.05, 4.69) is 6.92 Å². The van der Waals surface area contributed by atoms with Gasteiger partial charge in [-0.25, -0.2) is 4.98 Å². The summed E-state index contributed by atoms with van der Waals surface area (Å²) in [5, 5.41) is 0.676. The van der Waals surface area contributed by atoms with Crippen LogP contribution >= 0.6 is 0 Å². The first kappa shape index (κ1) is 17.2. The lowest BCUT2D eigenvalue weighted by atomic mass is 10.1. The number of aromatic nitrogens is 2. The van der Waals surface area contributed by atoms with Crippen LogP contribution in [0, 0.1) is 0 Å². The molecule has 4 heteroatoms. The number of para-hydroxylation sites is 1. The van der Waals surface area contributed by atoms with Crippen LogP contribution < -0.4 is 10.3 Å². The Kier molecular flexibility index (Phi) is 5.49. The molecule has 0 saturated carbocycles. The van der Waals surface area contributed by atoms with Gasteiger partial charge in [-0.15, -0.1) is 0 Å². The van der Waals surface area contributed by atoms with Gasteiger partial charge in [-0.2, -0.15) is 0 Å². The van der Waals surface area contributed by atoms with E-state index in [0.717, 1.165) is 48.3 Å². The van der Waals surface area contributed by atoms with E-state index in [4.69, 9.17) is 9.72 Å². The Morgan fingerprint density at radius 2 is 1.80 bits per heavy atom. The maximum absolute atomic E-state index is 13.0. The fraction of sp³-hybridized carbons (Fsp3) is 0.333. The summed E-state index contributed by atoms with van der Waals surface area (Å²) in [6.45, 7) is 2.71. The quantitative estimate of drug-likeness (QED) is 0.608. The van der Waals surface area contributed by atoms with Crippen molar-refractivity contribution < 1.29 is 4.74 Å². The van der Waals surface area contributed by atoms with Gasteiger partial charge in [-0.1, -0.05) is 44.0 Å². The molecule has 130 valence electrons. The zero-order valence-corrected chi connectivity index (χ0v) is 14.9. The van der Waals surface area contributed by atoms with E-state index in [1.54, 1.807) is 7.11 Å². The minimum Gasteiger partial charge on any atom is -0.497 e. The molecule has 25 heavy (non-hydrogen) atoms. The number of ether oxygens (including phenoxy) is 1. The first-order valence-corrected chi connectivity index (χ1v) is 8.84. The fourth-order valence-corrected chi connectivity index (χ4v) is 3.01. The summed E-state index contributed by atoms with van der Waals surface area (Å²) < 4.78 is 7.03. The van der Waals surface area contributed by atoms with Crippen LogP contribution in [0.1, 0.15) is 37.6 Å². The Morgan fingerprint density at radius 1 is 1.04 bits per heavy atom. The lowest BCUT2D eigenvalue weighted by molar-refractivity contribution is 0.414. The standard InChI is InChI=1S/C21H24N2O2/c1-3-4-5-10-20-22-19-9-7-6-8-18(19)21(24)23(20)15-16-11-13-17(25-2)14-12-16/h6-9,11-14H,3-5,10,15H2,1-2H3. The third kappa shape index (κ3) is 3.90. The highest BCUT2D eigenvalue weighted by atomic mass is 16.5. The Morgan fingerprint density at radius 3 is 2.52 bits per heavy atom. The van der Waals surface area contributed by atoms with Gasteiger partial charge in [0.05, 0.1) is 24.6 Å². The van der Waals surface area contributed by atoms with Crippen molar-refractivity contribution in [1.29, 1.82) is 0 Å². The van der Waals surface area contributed by atoms with Crippen molar-refractivity contribution in [1.82, 2.24) is 9.55 Å². The van der Waals surface area contributed by atoms with Crippen molar-refractivity contribution in [3.63, 3.8) is 0 Å². The number of benzene rings is 2. The summed E-state index contributed by atoms with van der Waals surface area (Å²) in [5.41, 5.74) is 1.88. The largest absolute Gasteiger partial charge is 0.497 e. The number of hydrogen-bond acceptors (Lipinski definition) is 3. The van der Waals surface area contributed by atoms with Crippen LogP contribution in [0.15, 0.2) is 53.3 Å². The maximum atomic E-state index is 13.0. The third-order valence-corrected chi connectivity index (χ3v) is 4.44. The van der Waals surface area contributed by atoms with Gasteiger partial charge in [0.25, 0.3) is 5.56 Å². The van der Waals surface area contributed by atoms with E-state index in [0.29, 0.717) is 11.9 Å². The van der Waals surface area contributed by atoms with Gasteiger partial charge >= 0.3 is 0 Å². The second kappa shape index (κ2) is 7.97. The second-order valence-electron chi connectivity index (χ2n) is 6.24. The lowest BCUT2D eigenvalue weighted by Gasteiger charge is -2.14. The number of unbranched alkanes of at least 4 members (excludes halogenated alkanes) is 2. The van der Waals surface area contributed by atoms with Crippen molar-refractivity contribution in [2.45, 2.75) is 39.2 Å². The summed E-state index contributed by atoms with van der Waals surface area (Å²) in [6, 6.07) is 15.4. The van der Waals surface area contributed by atoms with E-state index in [1.807, 2.05) is 53.1 Å². The number of methoxy groups -OCH3 is 1. The first-order chi connectivity index (χ1) is 12.2. The average molecular weight is 336 g/mol.